The molecule has 0 atom stereocenters. The molecule has 0 radical (unpaired) electrons. The van der Waals surface area contributed by atoms with Crippen LogP contribution in [-0.2, 0) is 13.0 Å². The SMILES string of the molecule is O=C(NCCc1ccccn1)c1csc(-c2ccc(OCc3cc(F)cc(F)c3)cc2F)n1. The zero-order chi connectivity index (χ0) is 23.2. The quantitative estimate of drug-likeness (QED) is 0.387. The monoisotopic (exact) mass is 469 g/mol. The molecule has 168 valence electrons. The van der Waals surface area contributed by atoms with Crippen molar-refractivity contribution in [3.05, 3.63) is 101 Å². The summed E-state index contributed by atoms with van der Waals surface area (Å²) in [5.41, 5.74) is 1.57. The summed E-state index contributed by atoms with van der Waals surface area (Å²) in [4.78, 5) is 20.8. The van der Waals surface area contributed by atoms with E-state index in [9.17, 15) is 18.0 Å². The molecule has 0 bridgehead atoms. The van der Waals surface area contributed by atoms with E-state index in [1.54, 1.807) is 11.6 Å². The van der Waals surface area contributed by atoms with Crippen molar-refractivity contribution in [2.75, 3.05) is 6.54 Å². The average molecular weight is 469 g/mol. The van der Waals surface area contributed by atoms with Gasteiger partial charge in [-0.3, -0.25) is 9.78 Å². The Morgan fingerprint density at radius 3 is 2.58 bits per heavy atom. The normalized spacial score (nSPS) is 10.8. The molecule has 4 aromatic rings. The summed E-state index contributed by atoms with van der Waals surface area (Å²) >= 11 is 1.15. The van der Waals surface area contributed by atoms with Crippen molar-refractivity contribution in [1.29, 1.82) is 0 Å². The molecule has 0 saturated carbocycles. The van der Waals surface area contributed by atoms with Gasteiger partial charge in [0, 0.05) is 47.9 Å². The van der Waals surface area contributed by atoms with Gasteiger partial charge in [0.25, 0.3) is 5.91 Å². The summed E-state index contributed by atoms with van der Waals surface area (Å²) in [6, 6.07) is 12.8. The molecular formula is C24H18F3N3O2S. The number of aromatic nitrogens is 2. The highest BCUT2D eigenvalue weighted by atomic mass is 32.1. The fraction of sp³-hybridized carbons (Fsp3) is 0.125. The predicted octanol–water partition coefficient (Wildman–Crippen LogP) is 5.17. The Balaban J connectivity index is 1.36. The Bertz CT molecular complexity index is 1240. The van der Waals surface area contributed by atoms with Gasteiger partial charge in [-0.1, -0.05) is 6.07 Å². The van der Waals surface area contributed by atoms with Crippen LogP contribution in [0.1, 0.15) is 21.7 Å². The zero-order valence-corrected chi connectivity index (χ0v) is 18.0. The van der Waals surface area contributed by atoms with Gasteiger partial charge >= 0.3 is 0 Å². The topological polar surface area (TPSA) is 64.1 Å². The summed E-state index contributed by atoms with van der Waals surface area (Å²) in [6.07, 6.45) is 2.28. The highest BCUT2D eigenvalue weighted by Crippen LogP contribution is 2.29. The summed E-state index contributed by atoms with van der Waals surface area (Å²) in [6.45, 7) is 0.284. The number of ether oxygens (including phenoxy) is 1. The maximum atomic E-state index is 14.6. The number of rotatable bonds is 8. The minimum absolute atomic E-state index is 0.118. The number of amides is 1. The Labute approximate surface area is 191 Å². The van der Waals surface area contributed by atoms with E-state index in [2.05, 4.69) is 15.3 Å². The molecule has 0 unspecified atom stereocenters. The molecule has 0 aliphatic heterocycles. The maximum absolute atomic E-state index is 14.6. The molecule has 4 rings (SSSR count). The zero-order valence-electron chi connectivity index (χ0n) is 17.2. The van der Waals surface area contributed by atoms with Crippen molar-refractivity contribution < 1.29 is 22.7 Å². The van der Waals surface area contributed by atoms with E-state index >= 15 is 0 Å². The maximum Gasteiger partial charge on any atom is 0.270 e. The number of carbonyl (C=O) groups is 1. The second-order valence-electron chi connectivity index (χ2n) is 7.07. The van der Waals surface area contributed by atoms with Crippen LogP contribution in [0, 0.1) is 17.5 Å². The molecule has 5 nitrogen and oxygen atoms in total. The van der Waals surface area contributed by atoms with Gasteiger partial charge < -0.3 is 10.1 Å². The van der Waals surface area contributed by atoms with Crippen LogP contribution in [0.3, 0.4) is 0 Å². The first-order valence-corrected chi connectivity index (χ1v) is 10.9. The molecular weight excluding hydrogens is 451 g/mol. The van der Waals surface area contributed by atoms with Gasteiger partial charge in [0.2, 0.25) is 0 Å². The molecule has 0 aliphatic rings. The number of nitrogens with zero attached hydrogens (tertiary/aromatic N) is 2. The number of carbonyl (C=O) groups excluding carboxylic acids is 1. The Kier molecular flexibility index (Phi) is 6.99. The van der Waals surface area contributed by atoms with Crippen LogP contribution < -0.4 is 10.1 Å². The van der Waals surface area contributed by atoms with Crippen LogP contribution >= 0.6 is 11.3 Å². The van der Waals surface area contributed by atoms with Crippen molar-refractivity contribution in [3.63, 3.8) is 0 Å². The first-order valence-electron chi connectivity index (χ1n) is 9.99. The van der Waals surface area contributed by atoms with Crippen LogP contribution in [0.5, 0.6) is 5.75 Å². The molecule has 9 heteroatoms. The predicted molar refractivity (Wildman–Crippen MR) is 118 cm³/mol. The van der Waals surface area contributed by atoms with E-state index < -0.39 is 17.5 Å². The highest BCUT2D eigenvalue weighted by Gasteiger charge is 2.15. The fourth-order valence-electron chi connectivity index (χ4n) is 3.06. The molecule has 2 aromatic carbocycles. The third-order valence-corrected chi connectivity index (χ3v) is 5.50. The van der Waals surface area contributed by atoms with Crippen LogP contribution in [0.15, 0.2) is 66.2 Å². The number of hydrogen-bond donors (Lipinski definition) is 1. The molecule has 2 heterocycles. The van der Waals surface area contributed by atoms with Crippen molar-refractivity contribution in [2.24, 2.45) is 0 Å². The van der Waals surface area contributed by atoms with Crippen molar-refractivity contribution in [3.8, 4) is 16.3 Å². The van der Waals surface area contributed by atoms with E-state index in [1.807, 2.05) is 18.2 Å². The molecule has 0 aliphatic carbocycles. The molecule has 33 heavy (non-hydrogen) atoms. The number of nitrogens with one attached hydrogen (secondary N) is 1. The highest BCUT2D eigenvalue weighted by molar-refractivity contribution is 7.13. The van der Waals surface area contributed by atoms with Crippen LogP contribution in [0.2, 0.25) is 0 Å². The molecule has 2 aromatic heterocycles. The summed E-state index contributed by atoms with van der Waals surface area (Å²) in [7, 11) is 0. The van der Waals surface area contributed by atoms with Gasteiger partial charge in [-0.25, -0.2) is 18.2 Å². The lowest BCUT2D eigenvalue weighted by molar-refractivity contribution is 0.0950. The lowest BCUT2D eigenvalue weighted by Crippen LogP contribution is -2.26. The van der Waals surface area contributed by atoms with Gasteiger partial charge in [-0.05, 0) is 42.0 Å². The van der Waals surface area contributed by atoms with Gasteiger partial charge in [0.05, 0.1) is 0 Å². The second-order valence-corrected chi connectivity index (χ2v) is 7.93. The van der Waals surface area contributed by atoms with E-state index in [0.29, 0.717) is 18.0 Å². The molecule has 1 N–H and O–H groups in total. The third-order valence-electron chi connectivity index (χ3n) is 4.63. The molecule has 0 spiro atoms. The third kappa shape index (κ3) is 5.95. The minimum atomic E-state index is -0.713. The summed E-state index contributed by atoms with van der Waals surface area (Å²) < 4.78 is 46.6. The Morgan fingerprint density at radius 1 is 1.03 bits per heavy atom. The van der Waals surface area contributed by atoms with Gasteiger partial charge in [0.15, 0.2) is 0 Å². The van der Waals surface area contributed by atoms with E-state index in [4.69, 9.17) is 4.74 Å². The largest absolute Gasteiger partial charge is 0.489 e. The minimum Gasteiger partial charge on any atom is -0.489 e. The van der Waals surface area contributed by atoms with Crippen LogP contribution in [0.25, 0.3) is 10.6 Å². The summed E-state index contributed by atoms with van der Waals surface area (Å²) in [5, 5.41) is 4.69. The van der Waals surface area contributed by atoms with Crippen molar-refractivity contribution in [2.45, 2.75) is 13.0 Å². The lowest BCUT2D eigenvalue weighted by Gasteiger charge is -2.08. The van der Waals surface area contributed by atoms with Gasteiger partial charge in [0.1, 0.15) is 40.5 Å². The van der Waals surface area contributed by atoms with E-state index in [1.165, 1.54) is 18.2 Å². The number of benzene rings is 2. The Hall–Kier alpha value is -3.72. The number of hydrogen-bond acceptors (Lipinski definition) is 5. The van der Waals surface area contributed by atoms with Gasteiger partial charge in [-0.2, -0.15) is 0 Å². The van der Waals surface area contributed by atoms with E-state index in [-0.39, 0.29) is 35.1 Å². The van der Waals surface area contributed by atoms with Gasteiger partial charge in [-0.15, -0.1) is 11.3 Å². The standard InChI is InChI=1S/C24H18F3N3O2S/c25-16-9-15(10-17(26)11-16)13-32-19-4-5-20(21(27)12-19)24-30-22(14-33-24)23(31)29-8-6-18-3-1-2-7-28-18/h1-5,7,9-12,14H,6,8,13H2,(H,29,31). The summed E-state index contributed by atoms with van der Waals surface area (Å²) in [5.74, 6) is -2.17. The average Bonchev–Trinajstić information content (AvgIpc) is 3.28. The van der Waals surface area contributed by atoms with Crippen molar-refractivity contribution >= 4 is 17.2 Å². The van der Waals surface area contributed by atoms with Crippen LogP contribution in [-0.4, -0.2) is 22.4 Å². The first-order chi connectivity index (χ1) is 16.0. The van der Waals surface area contributed by atoms with Crippen LogP contribution in [0.4, 0.5) is 13.2 Å². The molecule has 0 saturated heterocycles. The van der Waals surface area contributed by atoms with E-state index in [0.717, 1.165) is 35.2 Å². The Morgan fingerprint density at radius 2 is 1.85 bits per heavy atom. The fourth-order valence-corrected chi connectivity index (χ4v) is 3.89. The number of halogens is 3. The van der Waals surface area contributed by atoms with Crippen molar-refractivity contribution in [1.82, 2.24) is 15.3 Å². The lowest BCUT2D eigenvalue weighted by atomic mass is 10.2. The second kappa shape index (κ2) is 10.3. The number of thiazole rings is 1. The molecule has 0 fully saturated rings. The number of pyridine rings is 1. The first kappa shape index (κ1) is 22.5. The molecule has 1 amide bonds. The smallest absolute Gasteiger partial charge is 0.270 e.